The maximum Gasteiger partial charge on any atom is 0.232 e. The quantitative estimate of drug-likeness (QED) is 0.589. The van der Waals surface area contributed by atoms with Crippen LogP contribution in [0.25, 0.3) is 0 Å². The van der Waals surface area contributed by atoms with Gasteiger partial charge in [0, 0.05) is 18.0 Å². The first-order valence-electron chi connectivity index (χ1n) is 8.64. The SMILES string of the molecule is CS(=O)(=O)N(CCCC(=O)NCCOc1ccc(F)cc1)c1cccc(Cl)c1. The number of benzene rings is 2. The first kappa shape index (κ1) is 22.0. The Morgan fingerprint density at radius 3 is 2.57 bits per heavy atom. The maximum atomic E-state index is 12.8. The van der Waals surface area contributed by atoms with Crippen LogP contribution in [-0.4, -0.2) is 40.3 Å². The van der Waals surface area contributed by atoms with E-state index in [1.807, 2.05) is 0 Å². The predicted octanol–water partition coefficient (Wildman–Crippen LogP) is 3.22. The standard InChI is InChI=1S/C19H22ClFN2O4S/c1-28(25,26)23(17-5-2-4-15(20)14-17)12-3-6-19(24)22-11-13-27-18-9-7-16(21)8-10-18/h2,4-5,7-10,14H,3,6,11-13H2,1H3,(H,22,24). The molecule has 0 aliphatic carbocycles. The van der Waals surface area contributed by atoms with Gasteiger partial charge < -0.3 is 10.1 Å². The summed E-state index contributed by atoms with van der Waals surface area (Å²) in [5.74, 6) is -0.0372. The summed E-state index contributed by atoms with van der Waals surface area (Å²) < 4.78 is 43.5. The van der Waals surface area contributed by atoms with Crippen molar-refractivity contribution < 1.29 is 22.3 Å². The molecule has 2 aromatic rings. The van der Waals surface area contributed by atoms with Crippen molar-refractivity contribution in [1.82, 2.24) is 5.32 Å². The number of hydrogen-bond acceptors (Lipinski definition) is 4. The van der Waals surface area contributed by atoms with Gasteiger partial charge in [-0.1, -0.05) is 17.7 Å². The third kappa shape index (κ3) is 7.36. The molecule has 0 radical (unpaired) electrons. The van der Waals surface area contributed by atoms with E-state index in [9.17, 15) is 17.6 Å². The van der Waals surface area contributed by atoms with E-state index >= 15 is 0 Å². The van der Waals surface area contributed by atoms with E-state index in [-0.39, 0.29) is 31.3 Å². The van der Waals surface area contributed by atoms with Crippen LogP contribution in [0.4, 0.5) is 10.1 Å². The third-order valence-electron chi connectivity index (χ3n) is 3.77. The Balaban J connectivity index is 1.74. The molecule has 1 amide bonds. The van der Waals surface area contributed by atoms with Crippen LogP contribution in [0.5, 0.6) is 5.75 Å². The lowest BCUT2D eigenvalue weighted by Crippen LogP contribution is -2.32. The molecule has 0 bridgehead atoms. The molecule has 6 nitrogen and oxygen atoms in total. The molecule has 28 heavy (non-hydrogen) atoms. The highest BCUT2D eigenvalue weighted by atomic mass is 35.5. The molecule has 152 valence electrons. The molecule has 2 rings (SSSR count). The van der Waals surface area contributed by atoms with Gasteiger partial charge in [0.25, 0.3) is 0 Å². The topological polar surface area (TPSA) is 75.7 Å². The lowest BCUT2D eigenvalue weighted by molar-refractivity contribution is -0.121. The fraction of sp³-hybridized carbons (Fsp3) is 0.316. The van der Waals surface area contributed by atoms with Gasteiger partial charge in [0.15, 0.2) is 0 Å². The Kier molecular flexibility index (Phi) is 8.07. The number of nitrogens with one attached hydrogen (secondary N) is 1. The summed E-state index contributed by atoms with van der Waals surface area (Å²) in [4.78, 5) is 11.9. The van der Waals surface area contributed by atoms with E-state index in [0.29, 0.717) is 29.4 Å². The van der Waals surface area contributed by atoms with Crippen LogP contribution in [0.2, 0.25) is 5.02 Å². The second-order valence-corrected chi connectivity index (χ2v) is 8.41. The number of nitrogens with zero attached hydrogens (tertiary/aromatic N) is 1. The van der Waals surface area contributed by atoms with Crippen molar-refractivity contribution in [2.24, 2.45) is 0 Å². The minimum absolute atomic E-state index is 0.165. The average molecular weight is 429 g/mol. The Morgan fingerprint density at radius 2 is 1.93 bits per heavy atom. The van der Waals surface area contributed by atoms with Gasteiger partial charge in [0.05, 0.1) is 18.5 Å². The van der Waals surface area contributed by atoms with E-state index < -0.39 is 10.0 Å². The highest BCUT2D eigenvalue weighted by Gasteiger charge is 2.17. The van der Waals surface area contributed by atoms with Crippen LogP contribution >= 0.6 is 11.6 Å². The van der Waals surface area contributed by atoms with E-state index in [1.165, 1.54) is 28.6 Å². The number of halogens is 2. The highest BCUT2D eigenvalue weighted by Crippen LogP contribution is 2.22. The van der Waals surface area contributed by atoms with Gasteiger partial charge in [0.2, 0.25) is 15.9 Å². The second-order valence-electron chi connectivity index (χ2n) is 6.07. The van der Waals surface area contributed by atoms with Crippen molar-refractivity contribution in [3.05, 3.63) is 59.4 Å². The van der Waals surface area contributed by atoms with Crippen molar-refractivity contribution in [2.45, 2.75) is 12.8 Å². The zero-order valence-corrected chi connectivity index (χ0v) is 17.0. The van der Waals surface area contributed by atoms with Crippen molar-refractivity contribution in [3.8, 4) is 5.75 Å². The zero-order chi connectivity index (χ0) is 20.6. The number of sulfonamides is 1. The van der Waals surface area contributed by atoms with Gasteiger partial charge in [-0.15, -0.1) is 0 Å². The Morgan fingerprint density at radius 1 is 1.21 bits per heavy atom. The number of amides is 1. The first-order valence-corrected chi connectivity index (χ1v) is 10.9. The van der Waals surface area contributed by atoms with Crippen molar-refractivity contribution >= 4 is 33.2 Å². The van der Waals surface area contributed by atoms with Crippen molar-refractivity contribution in [2.75, 3.05) is 30.3 Å². The maximum absolute atomic E-state index is 12.8. The average Bonchev–Trinajstić information content (AvgIpc) is 2.63. The van der Waals surface area contributed by atoms with Gasteiger partial charge in [-0.05, 0) is 48.9 Å². The lowest BCUT2D eigenvalue weighted by atomic mass is 10.2. The van der Waals surface area contributed by atoms with Crippen LogP contribution < -0.4 is 14.4 Å². The molecule has 0 saturated carbocycles. The summed E-state index contributed by atoms with van der Waals surface area (Å²) in [6, 6.07) is 12.1. The molecule has 0 spiro atoms. The monoisotopic (exact) mass is 428 g/mol. The van der Waals surface area contributed by atoms with E-state index in [4.69, 9.17) is 16.3 Å². The van der Waals surface area contributed by atoms with Gasteiger partial charge in [-0.2, -0.15) is 0 Å². The number of ether oxygens (including phenoxy) is 1. The predicted molar refractivity (Wildman–Crippen MR) is 108 cm³/mol. The van der Waals surface area contributed by atoms with E-state index in [2.05, 4.69) is 5.32 Å². The Labute approximate surface area is 169 Å². The molecule has 0 aliphatic rings. The molecule has 0 unspecified atom stereocenters. The van der Waals surface area contributed by atoms with Crippen LogP contribution in [0.3, 0.4) is 0 Å². The molecule has 0 fully saturated rings. The lowest BCUT2D eigenvalue weighted by Gasteiger charge is -2.22. The summed E-state index contributed by atoms with van der Waals surface area (Å²) in [5.41, 5.74) is 0.461. The van der Waals surface area contributed by atoms with E-state index in [1.54, 1.807) is 24.3 Å². The summed E-state index contributed by atoms with van der Waals surface area (Å²) in [6.45, 7) is 0.703. The number of carbonyl (C=O) groups is 1. The van der Waals surface area contributed by atoms with Crippen molar-refractivity contribution in [3.63, 3.8) is 0 Å². The Bertz CT molecular complexity index is 891. The number of hydrogen-bond donors (Lipinski definition) is 1. The van der Waals surface area contributed by atoms with Crippen LogP contribution in [0, 0.1) is 5.82 Å². The second kappa shape index (κ2) is 10.3. The van der Waals surface area contributed by atoms with Crippen LogP contribution in [0.15, 0.2) is 48.5 Å². The number of carbonyl (C=O) groups excluding carboxylic acids is 1. The van der Waals surface area contributed by atoms with E-state index in [0.717, 1.165) is 6.26 Å². The van der Waals surface area contributed by atoms with Crippen LogP contribution in [0.1, 0.15) is 12.8 Å². The molecule has 0 saturated heterocycles. The normalized spacial score (nSPS) is 11.1. The molecule has 2 aromatic carbocycles. The van der Waals surface area contributed by atoms with Gasteiger partial charge in [-0.3, -0.25) is 9.10 Å². The third-order valence-corrected chi connectivity index (χ3v) is 5.20. The Hall–Kier alpha value is -2.32. The summed E-state index contributed by atoms with van der Waals surface area (Å²) >= 11 is 5.93. The molecule has 1 N–H and O–H groups in total. The zero-order valence-electron chi connectivity index (χ0n) is 15.4. The van der Waals surface area contributed by atoms with Gasteiger partial charge in [-0.25, -0.2) is 12.8 Å². The smallest absolute Gasteiger partial charge is 0.232 e. The summed E-state index contributed by atoms with van der Waals surface area (Å²) in [5, 5.41) is 3.13. The van der Waals surface area contributed by atoms with Crippen molar-refractivity contribution in [1.29, 1.82) is 0 Å². The van der Waals surface area contributed by atoms with Gasteiger partial charge >= 0.3 is 0 Å². The molecule has 0 heterocycles. The largest absolute Gasteiger partial charge is 0.492 e. The number of rotatable bonds is 10. The molecular weight excluding hydrogens is 407 g/mol. The summed E-state index contributed by atoms with van der Waals surface area (Å²) in [6.07, 6.45) is 1.63. The first-order chi connectivity index (χ1) is 13.3. The molecule has 9 heteroatoms. The minimum atomic E-state index is -3.49. The fourth-order valence-corrected chi connectivity index (χ4v) is 3.62. The summed E-state index contributed by atoms with van der Waals surface area (Å²) in [7, 11) is -3.49. The van der Waals surface area contributed by atoms with Gasteiger partial charge in [0.1, 0.15) is 18.2 Å². The molecule has 0 aromatic heterocycles. The van der Waals surface area contributed by atoms with Crippen LogP contribution in [-0.2, 0) is 14.8 Å². The molecule has 0 atom stereocenters. The minimum Gasteiger partial charge on any atom is -0.492 e. The molecular formula is C19H22ClFN2O4S. The molecule has 0 aliphatic heterocycles. The highest BCUT2D eigenvalue weighted by molar-refractivity contribution is 7.92. The fourth-order valence-electron chi connectivity index (χ4n) is 2.48. The number of anilines is 1.